The van der Waals surface area contributed by atoms with Crippen LogP contribution in [0.25, 0.3) is 17.0 Å². The maximum atomic E-state index is 14.2. The van der Waals surface area contributed by atoms with Crippen LogP contribution in [0.5, 0.6) is 0 Å². The minimum Gasteiger partial charge on any atom is -0.347 e. The first kappa shape index (κ1) is 20.8. The summed E-state index contributed by atoms with van der Waals surface area (Å²) in [5, 5.41) is 4.84. The second-order valence-electron chi connectivity index (χ2n) is 7.36. The Morgan fingerprint density at radius 1 is 0.903 bits per heavy atom. The molecule has 0 saturated carbocycles. The van der Waals surface area contributed by atoms with Crippen LogP contribution in [-0.4, -0.2) is 16.2 Å². The number of hydrazone groups is 1. The van der Waals surface area contributed by atoms with E-state index in [-0.39, 0.29) is 16.3 Å². The van der Waals surface area contributed by atoms with Crippen molar-refractivity contribution in [1.29, 1.82) is 0 Å². The van der Waals surface area contributed by atoms with Crippen LogP contribution >= 0.6 is 0 Å². The quantitative estimate of drug-likeness (QED) is 0.234. The maximum absolute atomic E-state index is 14.2. The van der Waals surface area contributed by atoms with Crippen LogP contribution in [0.1, 0.15) is 23.7 Å². The van der Waals surface area contributed by atoms with Gasteiger partial charge in [-0.3, -0.25) is 4.79 Å². The van der Waals surface area contributed by atoms with Gasteiger partial charge in [0.2, 0.25) is 5.82 Å². The van der Waals surface area contributed by atoms with E-state index in [1.165, 1.54) is 13.0 Å². The molecular formula is C22H16F5N3O. The van der Waals surface area contributed by atoms with Gasteiger partial charge in [0.1, 0.15) is 5.69 Å². The summed E-state index contributed by atoms with van der Waals surface area (Å²) in [6.07, 6.45) is 1.52. The molecule has 1 aliphatic rings. The number of rotatable bonds is 2. The number of benzene rings is 2. The van der Waals surface area contributed by atoms with Gasteiger partial charge in [-0.05, 0) is 39.0 Å². The molecule has 0 radical (unpaired) electrons. The summed E-state index contributed by atoms with van der Waals surface area (Å²) in [5.74, 6) is -11.8. The lowest BCUT2D eigenvalue weighted by molar-refractivity contribution is -0.114. The fourth-order valence-corrected chi connectivity index (χ4v) is 3.66. The van der Waals surface area contributed by atoms with Gasteiger partial charge in [0.15, 0.2) is 23.3 Å². The highest BCUT2D eigenvalue weighted by Crippen LogP contribution is 2.35. The minimum atomic E-state index is -2.30. The highest BCUT2D eigenvalue weighted by Gasteiger charge is 2.37. The number of hydrogen-bond donors (Lipinski definition) is 0. The summed E-state index contributed by atoms with van der Waals surface area (Å²) in [6, 6.07) is 5.80. The molecule has 0 spiro atoms. The standard InChI is InChI=1S/C22H16F5N3O/c1-9-5-6-15-14(7-9)13(11(3)29(15)4)8-12-10(2)28-30(22(12)31)21-19(26)17(24)16(23)18(25)20(21)27/h5-8H,1-4H3/b12-8+. The van der Waals surface area contributed by atoms with E-state index < -0.39 is 40.7 Å². The zero-order valence-electron chi connectivity index (χ0n) is 16.9. The lowest BCUT2D eigenvalue weighted by Crippen LogP contribution is -2.25. The Labute approximate surface area is 173 Å². The van der Waals surface area contributed by atoms with Crippen LogP contribution in [-0.2, 0) is 11.8 Å². The molecule has 4 rings (SSSR count). The molecule has 31 heavy (non-hydrogen) atoms. The van der Waals surface area contributed by atoms with Crippen molar-refractivity contribution in [2.45, 2.75) is 20.8 Å². The van der Waals surface area contributed by atoms with Crippen LogP contribution in [0.15, 0.2) is 28.9 Å². The second kappa shape index (κ2) is 7.04. The van der Waals surface area contributed by atoms with E-state index >= 15 is 0 Å². The third-order valence-electron chi connectivity index (χ3n) is 5.45. The van der Waals surface area contributed by atoms with Crippen LogP contribution in [0, 0.1) is 42.9 Å². The topological polar surface area (TPSA) is 37.6 Å². The molecule has 4 nitrogen and oxygen atoms in total. The van der Waals surface area contributed by atoms with E-state index in [2.05, 4.69) is 5.10 Å². The number of carbonyl (C=O) groups excluding carboxylic acids is 1. The van der Waals surface area contributed by atoms with E-state index in [1.54, 1.807) is 0 Å². The zero-order valence-corrected chi connectivity index (χ0v) is 16.9. The molecule has 0 aliphatic carbocycles. The predicted molar refractivity (Wildman–Crippen MR) is 107 cm³/mol. The number of halogens is 5. The molecule has 1 amide bonds. The predicted octanol–water partition coefficient (Wildman–Crippen LogP) is 5.30. The molecule has 2 aromatic carbocycles. The summed E-state index contributed by atoms with van der Waals surface area (Å²) in [6.45, 7) is 5.17. The number of aryl methyl sites for hydroxylation is 2. The van der Waals surface area contributed by atoms with Crippen molar-refractivity contribution >= 4 is 34.3 Å². The van der Waals surface area contributed by atoms with Gasteiger partial charge in [-0.25, -0.2) is 22.0 Å². The Kier molecular flexibility index (Phi) is 4.72. The molecule has 3 aromatic rings. The van der Waals surface area contributed by atoms with Crippen LogP contribution in [0.2, 0.25) is 0 Å². The Bertz CT molecular complexity index is 1320. The largest absolute Gasteiger partial charge is 0.347 e. The van der Waals surface area contributed by atoms with E-state index in [1.807, 2.05) is 43.7 Å². The smallest absolute Gasteiger partial charge is 0.280 e. The summed E-state index contributed by atoms with van der Waals surface area (Å²) in [5.41, 5.74) is 2.07. The van der Waals surface area contributed by atoms with Crippen LogP contribution in [0.3, 0.4) is 0 Å². The second-order valence-corrected chi connectivity index (χ2v) is 7.36. The molecule has 160 valence electrons. The summed E-state index contributed by atoms with van der Waals surface area (Å²) in [4.78, 5) is 12.9. The molecule has 2 heterocycles. The van der Waals surface area contributed by atoms with Crippen molar-refractivity contribution in [3.05, 3.63) is 69.7 Å². The first-order valence-corrected chi connectivity index (χ1v) is 9.23. The van der Waals surface area contributed by atoms with Crippen LogP contribution < -0.4 is 5.01 Å². The van der Waals surface area contributed by atoms with Crippen molar-refractivity contribution in [3.63, 3.8) is 0 Å². The zero-order chi connectivity index (χ0) is 22.8. The number of hydrogen-bond acceptors (Lipinski definition) is 2. The Morgan fingerprint density at radius 3 is 2.10 bits per heavy atom. The first-order valence-electron chi connectivity index (χ1n) is 9.23. The van der Waals surface area contributed by atoms with Crippen molar-refractivity contribution < 1.29 is 26.7 Å². The Balaban J connectivity index is 1.88. The third-order valence-corrected chi connectivity index (χ3v) is 5.45. The molecule has 0 fully saturated rings. The van der Waals surface area contributed by atoms with Gasteiger partial charge in [-0.2, -0.15) is 10.1 Å². The van der Waals surface area contributed by atoms with Crippen LogP contribution in [0.4, 0.5) is 27.6 Å². The fourth-order valence-electron chi connectivity index (χ4n) is 3.66. The third kappa shape index (κ3) is 2.95. The van der Waals surface area contributed by atoms with Gasteiger partial charge in [0.25, 0.3) is 5.91 Å². The van der Waals surface area contributed by atoms with Crippen molar-refractivity contribution in [1.82, 2.24) is 4.57 Å². The average Bonchev–Trinajstić information content (AvgIpc) is 3.13. The first-order chi connectivity index (χ1) is 14.5. The van der Waals surface area contributed by atoms with Gasteiger partial charge in [0, 0.05) is 29.2 Å². The fraction of sp³-hybridized carbons (Fsp3) is 0.182. The lowest BCUT2D eigenvalue weighted by atomic mass is 10.0. The molecule has 0 unspecified atom stereocenters. The minimum absolute atomic E-state index is 0.0129. The number of amides is 1. The van der Waals surface area contributed by atoms with Crippen molar-refractivity contribution in [3.8, 4) is 0 Å². The van der Waals surface area contributed by atoms with Gasteiger partial charge >= 0.3 is 0 Å². The Morgan fingerprint density at radius 2 is 1.48 bits per heavy atom. The number of carbonyl (C=O) groups is 1. The normalized spacial score (nSPS) is 15.5. The monoisotopic (exact) mass is 433 g/mol. The van der Waals surface area contributed by atoms with E-state index in [0.29, 0.717) is 5.56 Å². The lowest BCUT2D eigenvalue weighted by Gasteiger charge is -2.15. The van der Waals surface area contributed by atoms with Gasteiger partial charge in [0.05, 0.1) is 11.3 Å². The highest BCUT2D eigenvalue weighted by molar-refractivity contribution is 6.32. The summed E-state index contributed by atoms with van der Waals surface area (Å²) in [7, 11) is 1.85. The van der Waals surface area contributed by atoms with E-state index in [9.17, 15) is 26.7 Å². The molecular weight excluding hydrogens is 417 g/mol. The van der Waals surface area contributed by atoms with E-state index in [4.69, 9.17) is 0 Å². The summed E-state index contributed by atoms with van der Waals surface area (Å²) < 4.78 is 71.0. The maximum Gasteiger partial charge on any atom is 0.280 e. The number of aromatic nitrogens is 1. The van der Waals surface area contributed by atoms with Gasteiger partial charge < -0.3 is 4.57 Å². The average molecular weight is 433 g/mol. The van der Waals surface area contributed by atoms with Crippen molar-refractivity contribution in [2.75, 3.05) is 5.01 Å². The van der Waals surface area contributed by atoms with Crippen molar-refractivity contribution in [2.24, 2.45) is 12.1 Å². The molecule has 1 aromatic heterocycles. The number of nitrogens with zero attached hydrogens (tertiary/aromatic N) is 3. The molecule has 0 N–H and O–H groups in total. The highest BCUT2D eigenvalue weighted by atomic mass is 19.2. The van der Waals surface area contributed by atoms with Gasteiger partial charge in [-0.15, -0.1) is 0 Å². The molecule has 0 bridgehead atoms. The summed E-state index contributed by atoms with van der Waals surface area (Å²) >= 11 is 0. The van der Waals surface area contributed by atoms with Gasteiger partial charge in [-0.1, -0.05) is 11.6 Å². The van der Waals surface area contributed by atoms with E-state index in [0.717, 1.165) is 22.2 Å². The molecule has 9 heteroatoms. The molecule has 0 atom stereocenters. The SMILES string of the molecule is CC1=NN(c2c(F)c(F)c(F)c(F)c2F)C(=O)/C1=C/c1c(C)n(C)c2ccc(C)cc12. The number of anilines is 1. The Hall–Kier alpha value is -3.49. The number of fused-ring (bicyclic) bond motifs is 1. The molecule has 0 saturated heterocycles. The molecule has 1 aliphatic heterocycles.